The van der Waals surface area contributed by atoms with Crippen molar-refractivity contribution in [3.05, 3.63) is 55.1 Å². The molecule has 0 aliphatic heterocycles. The number of carbonyl (C=O) groups excluding carboxylic acids is 1. The molecular weight excluding hydrogens is 322 g/mol. The third-order valence-corrected chi connectivity index (χ3v) is 5.48. The summed E-state index contributed by atoms with van der Waals surface area (Å²) in [5, 5.41) is 11.1. The van der Waals surface area contributed by atoms with Crippen molar-refractivity contribution in [1.29, 1.82) is 5.26 Å². The lowest BCUT2D eigenvalue weighted by atomic mass is 9.99. The minimum absolute atomic E-state index is 0.0324. The van der Waals surface area contributed by atoms with Crippen LogP contribution in [0.25, 0.3) is 0 Å². The van der Waals surface area contributed by atoms with Crippen molar-refractivity contribution in [2.24, 2.45) is 0 Å². The molecule has 5 nitrogen and oxygen atoms in total. The quantitative estimate of drug-likeness (QED) is 0.906. The SMILES string of the molecule is Cc1[nH]c(=O)c(C#N)c(C)c1CCC(=O)N(C)[C@@H](C)c1cccs1. The molecule has 2 rings (SSSR count). The lowest BCUT2D eigenvalue weighted by Crippen LogP contribution is -2.29. The van der Waals surface area contributed by atoms with Gasteiger partial charge in [0.1, 0.15) is 11.6 Å². The lowest BCUT2D eigenvalue weighted by Gasteiger charge is -2.24. The molecule has 0 aliphatic carbocycles. The fraction of sp³-hybridized carbons (Fsp3) is 0.389. The number of carbonyl (C=O) groups is 1. The van der Waals surface area contributed by atoms with Crippen LogP contribution in [0.5, 0.6) is 0 Å². The smallest absolute Gasteiger partial charge is 0.266 e. The fourth-order valence-corrected chi connectivity index (χ4v) is 3.59. The molecule has 0 unspecified atom stereocenters. The van der Waals surface area contributed by atoms with Gasteiger partial charge in [-0.2, -0.15) is 5.26 Å². The van der Waals surface area contributed by atoms with Gasteiger partial charge < -0.3 is 9.88 Å². The van der Waals surface area contributed by atoms with Crippen molar-refractivity contribution in [2.45, 2.75) is 39.7 Å². The van der Waals surface area contributed by atoms with Crippen molar-refractivity contribution in [1.82, 2.24) is 9.88 Å². The zero-order valence-corrected chi connectivity index (χ0v) is 15.2. The molecule has 2 heterocycles. The maximum absolute atomic E-state index is 12.5. The predicted octanol–water partition coefficient (Wildman–Crippen LogP) is 3.08. The Morgan fingerprint density at radius 1 is 1.46 bits per heavy atom. The highest BCUT2D eigenvalue weighted by Gasteiger charge is 2.19. The number of aromatic nitrogens is 1. The molecule has 0 aromatic carbocycles. The molecule has 1 atom stereocenters. The van der Waals surface area contributed by atoms with Crippen LogP contribution in [0.1, 0.15) is 46.6 Å². The standard InChI is InChI=1S/C18H21N3O2S/c1-11-14(12(2)20-18(23)15(11)10-19)7-8-17(22)21(4)13(3)16-6-5-9-24-16/h5-6,9,13H,7-8H2,1-4H3,(H,20,23)/t13-/m0/s1. The van der Waals surface area contributed by atoms with Crippen LogP contribution in [0.4, 0.5) is 0 Å². The molecule has 126 valence electrons. The lowest BCUT2D eigenvalue weighted by molar-refractivity contribution is -0.131. The molecule has 1 N–H and O–H groups in total. The Morgan fingerprint density at radius 2 is 2.17 bits per heavy atom. The van der Waals surface area contributed by atoms with Crippen LogP contribution in [0, 0.1) is 25.2 Å². The number of pyridine rings is 1. The first-order valence-electron chi connectivity index (χ1n) is 7.78. The molecule has 0 saturated carbocycles. The summed E-state index contributed by atoms with van der Waals surface area (Å²) < 4.78 is 0. The molecule has 0 bridgehead atoms. The molecule has 0 radical (unpaired) electrons. The second-order valence-corrected chi connectivity index (χ2v) is 6.84. The van der Waals surface area contributed by atoms with E-state index in [2.05, 4.69) is 4.98 Å². The molecule has 0 spiro atoms. The van der Waals surface area contributed by atoms with Crippen molar-refractivity contribution >= 4 is 17.2 Å². The van der Waals surface area contributed by atoms with Crippen molar-refractivity contribution in [2.75, 3.05) is 7.05 Å². The van der Waals surface area contributed by atoms with Gasteiger partial charge in [0, 0.05) is 24.0 Å². The normalized spacial score (nSPS) is 11.8. The van der Waals surface area contributed by atoms with Crippen LogP contribution in [-0.4, -0.2) is 22.8 Å². The first-order valence-corrected chi connectivity index (χ1v) is 8.66. The number of nitriles is 1. The maximum Gasteiger partial charge on any atom is 0.266 e. The number of H-pyrrole nitrogens is 1. The minimum atomic E-state index is -0.369. The Bertz CT molecular complexity index is 831. The third kappa shape index (κ3) is 3.57. The van der Waals surface area contributed by atoms with E-state index in [1.807, 2.05) is 30.5 Å². The average Bonchev–Trinajstić information content (AvgIpc) is 3.07. The highest BCUT2D eigenvalue weighted by Crippen LogP contribution is 2.24. The summed E-state index contributed by atoms with van der Waals surface area (Å²) in [6.45, 7) is 5.57. The van der Waals surface area contributed by atoms with Crippen molar-refractivity contribution in [3.8, 4) is 6.07 Å². The van der Waals surface area contributed by atoms with Gasteiger partial charge in [0.2, 0.25) is 5.91 Å². The van der Waals surface area contributed by atoms with Gasteiger partial charge in [-0.05, 0) is 49.8 Å². The first kappa shape index (κ1) is 18.0. The van der Waals surface area contributed by atoms with Crippen molar-refractivity contribution < 1.29 is 4.79 Å². The number of nitrogens with zero attached hydrogens (tertiary/aromatic N) is 2. The second kappa shape index (κ2) is 7.45. The van der Waals surface area contributed by atoms with E-state index in [4.69, 9.17) is 5.26 Å². The van der Waals surface area contributed by atoms with E-state index in [0.29, 0.717) is 18.4 Å². The number of aromatic amines is 1. The van der Waals surface area contributed by atoms with E-state index in [0.717, 1.165) is 16.1 Å². The van der Waals surface area contributed by atoms with Gasteiger partial charge in [0.05, 0.1) is 6.04 Å². The number of rotatable bonds is 5. The molecule has 0 fully saturated rings. The average molecular weight is 343 g/mol. The summed E-state index contributed by atoms with van der Waals surface area (Å²) in [7, 11) is 1.81. The number of thiophene rings is 1. The zero-order valence-electron chi connectivity index (χ0n) is 14.3. The van der Waals surface area contributed by atoms with Crippen LogP contribution in [-0.2, 0) is 11.2 Å². The maximum atomic E-state index is 12.5. The summed E-state index contributed by atoms with van der Waals surface area (Å²) >= 11 is 1.63. The molecule has 0 aliphatic rings. The Kier molecular flexibility index (Phi) is 5.58. The number of amides is 1. The number of nitrogens with one attached hydrogen (secondary N) is 1. The number of hydrogen-bond acceptors (Lipinski definition) is 4. The van der Waals surface area contributed by atoms with Gasteiger partial charge in [-0.25, -0.2) is 0 Å². The van der Waals surface area contributed by atoms with Gasteiger partial charge in [0.15, 0.2) is 0 Å². The molecule has 24 heavy (non-hydrogen) atoms. The van der Waals surface area contributed by atoms with Gasteiger partial charge in [-0.3, -0.25) is 9.59 Å². The number of hydrogen-bond donors (Lipinski definition) is 1. The summed E-state index contributed by atoms with van der Waals surface area (Å²) in [5.74, 6) is 0.0411. The van der Waals surface area contributed by atoms with Gasteiger partial charge in [-0.15, -0.1) is 11.3 Å². The fourth-order valence-electron chi connectivity index (χ4n) is 2.76. The second-order valence-electron chi connectivity index (χ2n) is 5.87. The zero-order chi connectivity index (χ0) is 17.9. The predicted molar refractivity (Wildman–Crippen MR) is 95.1 cm³/mol. The van der Waals surface area contributed by atoms with Crippen LogP contribution < -0.4 is 5.56 Å². The first-order chi connectivity index (χ1) is 11.4. The van der Waals surface area contributed by atoms with E-state index < -0.39 is 0 Å². The largest absolute Gasteiger partial charge is 0.338 e. The molecule has 6 heteroatoms. The van der Waals surface area contributed by atoms with Crippen LogP contribution >= 0.6 is 11.3 Å². The van der Waals surface area contributed by atoms with E-state index >= 15 is 0 Å². The van der Waals surface area contributed by atoms with Crippen molar-refractivity contribution in [3.63, 3.8) is 0 Å². The van der Waals surface area contributed by atoms with E-state index in [1.165, 1.54) is 0 Å². The Balaban J connectivity index is 2.12. The number of aryl methyl sites for hydroxylation is 1. The van der Waals surface area contributed by atoms with Crippen LogP contribution in [0.2, 0.25) is 0 Å². The van der Waals surface area contributed by atoms with Crippen LogP contribution in [0.15, 0.2) is 22.3 Å². The molecule has 0 saturated heterocycles. The summed E-state index contributed by atoms with van der Waals surface area (Å²) in [6, 6.07) is 5.97. The topological polar surface area (TPSA) is 77.0 Å². The molecular formula is C18H21N3O2S. The minimum Gasteiger partial charge on any atom is -0.338 e. The Morgan fingerprint density at radius 3 is 2.75 bits per heavy atom. The molecule has 2 aromatic rings. The highest BCUT2D eigenvalue weighted by atomic mass is 32.1. The molecule has 2 aromatic heterocycles. The van der Waals surface area contributed by atoms with Gasteiger partial charge >= 0.3 is 0 Å². The summed E-state index contributed by atoms with van der Waals surface area (Å²) in [5.41, 5.74) is 2.02. The molecule has 1 amide bonds. The highest BCUT2D eigenvalue weighted by molar-refractivity contribution is 7.10. The van der Waals surface area contributed by atoms with Crippen LogP contribution in [0.3, 0.4) is 0 Å². The summed E-state index contributed by atoms with van der Waals surface area (Å²) in [6.07, 6.45) is 0.842. The van der Waals surface area contributed by atoms with E-state index in [-0.39, 0.29) is 23.1 Å². The Labute approximate surface area is 145 Å². The summed E-state index contributed by atoms with van der Waals surface area (Å²) in [4.78, 5) is 29.8. The van der Waals surface area contributed by atoms with E-state index in [9.17, 15) is 9.59 Å². The Hall–Kier alpha value is -2.39. The van der Waals surface area contributed by atoms with Gasteiger partial charge in [-0.1, -0.05) is 6.07 Å². The van der Waals surface area contributed by atoms with Gasteiger partial charge in [0.25, 0.3) is 5.56 Å². The third-order valence-electron chi connectivity index (χ3n) is 4.44. The van der Waals surface area contributed by atoms with E-state index in [1.54, 1.807) is 37.1 Å². The monoisotopic (exact) mass is 343 g/mol.